The van der Waals surface area contributed by atoms with Crippen LogP contribution in [0.15, 0.2) is 18.2 Å². The molecule has 0 radical (unpaired) electrons. The van der Waals surface area contributed by atoms with E-state index >= 15 is 0 Å². The van der Waals surface area contributed by atoms with Gasteiger partial charge in [0.2, 0.25) is 12.7 Å². The van der Waals surface area contributed by atoms with Crippen molar-refractivity contribution in [1.82, 2.24) is 4.90 Å². The Morgan fingerprint density at radius 3 is 2.61 bits per heavy atom. The van der Waals surface area contributed by atoms with E-state index in [2.05, 4.69) is 5.32 Å². The number of hydrogen-bond acceptors (Lipinski definition) is 4. The predicted molar refractivity (Wildman–Crippen MR) is 83.6 cm³/mol. The van der Waals surface area contributed by atoms with Crippen LogP contribution in [0.3, 0.4) is 0 Å². The van der Waals surface area contributed by atoms with Gasteiger partial charge in [0.05, 0.1) is 26.2 Å². The zero-order chi connectivity index (χ0) is 16.4. The number of ether oxygens (including phenoxy) is 2. The Bertz CT molecular complexity index is 611. The zero-order valence-electron chi connectivity index (χ0n) is 13.4. The highest BCUT2D eigenvalue weighted by molar-refractivity contribution is 5.94. The third kappa shape index (κ3) is 3.39. The lowest BCUT2D eigenvalue weighted by Crippen LogP contribution is -3.19. The molecule has 1 saturated heterocycles. The van der Waals surface area contributed by atoms with E-state index in [0.29, 0.717) is 30.3 Å². The monoisotopic (exact) mass is 320 g/mol. The van der Waals surface area contributed by atoms with Crippen molar-refractivity contribution in [2.75, 3.05) is 38.3 Å². The SMILES string of the molecule is CC(=O)N1CC[NH+]([C@H](C)C(=O)Nc2ccc3c(c2)OCO3)CC1. The van der Waals surface area contributed by atoms with Gasteiger partial charge in [0.1, 0.15) is 0 Å². The van der Waals surface area contributed by atoms with Crippen molar-refractivity contribution in [2.45, 2.75) is 19.9 Å². The fourth-order valence-corrected chi connectivity index (χ4v) is 2.95. The van der Waals surface area contributed by atoms with Crippen molar-refractivity contribution in [1.29, 1.82) is 0 Å². The number of carbonyl (C=O) groups is 2. The van der Waals surface area contributed by atoms with Gasteiger partial charge in [0, 0.05) is 18.7 Å². The minimum absolute atomic E-state index is 0.0323. The fourth-order valence-electron chi connectivity index (χ4n) is 2.95. The molecule has 2 aliphatic rings. The fraction of sp³-hybridized carbons (Fsp3) is 0.500. The number of nitrogens with one attached hydrogen (secondary N) is 2. The summed E-state index contributed by atoms with van der Waals surface area (Å²) in [6.45, 7) is 6.69. The zero-order valence-corrected chi connectivity index (χ0v) is 13.4. The molecule has 1 atom stereocenters. The van der Waals surface area contributed by atoms with E-state index in [1.54, 1.807) is 25.1 Å². The van der Waals surface area contributed by atoms with Crippen LogP contribution in [-0.2, 0) is 9.59 Å². The summed E-state index contributed by atoms with van der Waals surface area (Å²) in [7, 11) is 0. The van der Waals surface area contributed by atoms with Gasteiger partial charge in [0.15, 0.2) is 17.5 Å². The van der Waals surface area contributed by atoms with Crippen molar-refractivity contribution >= 4 is 17.5 Å². The van der Waals surface area contributed by atoms with E-state index in [9.17, 15) is 9.59 Å². The molecular weight excluding hydrogens is 298 g/mol. The van der Waals surface area contributed by atoms with Crippen molar-refractivity contribution in [3.63, 3.8) is 0 Å². The maximum Gasteiger partial charge on any atom is 0.282 e. The minimum atomic E-state index is -0.172. The second-order valence-corrected chi connectivity index (χ2v) is 5.94. The number of carbonyl (C=O) groups excluding carboxylic acids is 2. The number of rotatable bonds is 3. The molecule has 0 aliphatic carbocycles. The maximum atomic E-state index is 12.4. The molecule has 0 aromatic heterocycles. The number of nitrogens with zero attached hydrogens (tertiary/aromatic N) is 1. The van der Waals surface area contributed by atoms with E-state index in [1.165, 1.54) is 4.90 Å². The van der Waals surface area contributed by atoms with Crippen LogP contribution in [-0.4, -0.2) is 55.7 Å². The maximum absolute atomic E-state index is 12.4. The molecule has 2 heterocycles. The summed E-state index contributed by atoms with van der Waals surface area (Å²) in [6.07, 6.45) is 0. The highest BCUT2D eigenvalue weighted by atomic mass is 16.7. The Labute approximate surface area is 135 Å². The van der Waals surface area contributed by atoms with Crippen LogP contribution in [0.5, 0.6) is 11.5 Å². The molecule has 2 amide bonds. The molecule has 2 N–H and O–H groups in total. The highest BCUT2D eigenvalue weighted by Crippen LogP contribution is 2.34. The topological polar surface area (TPSA) is 72.3 Å². The second kappa shape index (κ2) is 6.45. The number of hydrogen-bond donors (Lipinski definition) is 2. The number of anilines is 1. The third-order valence-electron chi connectivity index (χ3n) is 4.50. The van der Waals surface area contributed by atoms with Gasteiger partial charge in [-0.1, -0.05) is 0 Å². The van der Waals surface area contributed by atoms with Crippen molar-refractivity contribution in [3.8, 4) is 11.5 Å². The summed E-state index contributed by atoms with van der Waals surface area (Å²) >= 11 is 0. The van der Waals surface area contributed by atoms with Gasteiger partial charge in [-0.15, -0.1) is 0 Å². The van der Waals surface area contributed by atoms with Crippen LogP contribution in [0.25, 0.3) is 0 Å². The molecule has 124 valence electrons. The molecule has 23 heavy (non-hydrogen) atoms. The highest BCUT2D eigenvalue weighted by Gasteiger charge is 2.30. The Morgan fingerprint density at radius 1 is 1.22 bits per heavy atom. The standard InChI is InChI=1S/C16H21N3O4/c1-11(18-5-7-19(8-6-18)12(2)20)16(21)17-13-3-4-14-15(9-13)23-10-22-14/h3-4,9,11H,5-8,10H2,1-2H3,(H,17,21)/p+1/t11-/m1/s1. The molecule has 1 aromatic carbocycles. The van der Waals surface area contributed by atoms with E-state index in [4.69, 9.17) is 9.47 Å². The van der Waals surface area contributed by atoms with Gasteiger partial charge in [0.25, 0.3) is 5.91 Å². The first-order valence-corrected chi connectivity index (χ1v) is 7.85. The largest absolute Gasteiger partial charge is 0.454 e. The summed E-state index contributed by atoms with van der Waals surface area (Å²) in [5.41, 5.74) is 0.702. The first-order valence-electron chi connectivity index (χ1n) is 7.85. The summed E-state index contributed by atoms with van der Waals surface area (Å²) in [4.78, 5) is 26.8. The summed E-state index contributed by atoms with van der Waals surface area (Å²) < 4.78 is 10.6. The molecule has 1 aromatic rings. The molecule has 3 rings (SSSR count). The van der Waals surface area contributed by atoms with Crippen molar-refractivity contribution in [2.24, 2.45) is 0 Å². The molecule has 7 heteroatoms. The number of piperazine rings is 1. The van der Waals surface area contributed by atoms with Crippen LogP contribution in [0.1, 0.15) is 13.8 Å². The van der Waals surface area contributed by atoms with Gasteiger partial charge in [-0.05, 0) is 19.1 Å². The lowest BCUT2D eigenvalue weighted by Gasteiger charge is -2.34. The third-order valence-corrected chi connectivity index (χ3v) is 4.50. The Hall–Kier alpha value is -2.28. The average Bonchev–Trinajstić information content (AvgIpc) is 3.01. The first-order chi connectivity index (χ1) is 11.0. The smallest absolute Gasteiger partial charge is 0.282 e. The Balaban J connectivity index is 1.57. The van der Waals surface area contributed by atoms with Crippen molar-refractivity contribution in [3.05, 3.63) is 18.2 Å². The summed E-state index contributed by atoms with van der Waals surface area (Å²) in [6, 6.07) is 5.20. The van der Waals surface area contributed by atoms with Crippen LogP contribution >= 0.6 is 0 Å². The molecule has 0 bridgehead atoms. The second-order valence-electron chi connectivity index (χ2n) is 5.94. The molecule has 7 nitrogen and oxygen atoms in total. The van der Waals surface area contributed by atoms with Crippen LogP contribution in [0.4, 0.5) is 5.69 Å². The minimum Gasteiger partial charge on any atom is -0.454 e. The van der Waals surface area contributed by atoms with E-state index in [-0.39, 0.29) is 24.6 Å². The van der Waals surface area contributed by atoms with E-state index in [0.717, 1.165) is 13.1 Å². The molecule has 0 unspecified atom stereocenters. The lowest BCUT2D eigenvalue weighted by molar-refractivity contribution is -0.917. The van der Waals surface area contributed by atoms with Crippen LogP contribution < -0.4 is 19.7 Å². The summed E-state index contributed by atoms with van der Waals surface area (Å²) in [5, 5.41) is 2.93. The first kappa shape index (κ1) is 15.6. The quantitative estimate of drug-likeness (QED) is 0.787. The van der Waals surface area contributed by atoms with Gasteiger partial charge in [-0.25, -0.2) is 0 Å². The number of benzene rings is 1. The molecule has 2 aliphatic heterocycles. The van der Waals surface area contributed by atoms with Gasteiger partial charge >= 0.3 is 0 Å². The Kier molecular flexibility index (Phi) is 4.38. The predicted octanol–water partition coefficient (Wildman–Crippen LogP) is -0.511. The van der Waals surface area contributed by atoms with Gasteiger partial charge < -0.3 is 24.6 Å². The molecule has 1 fully saturated rings. The molecule has 0 spiro atoms. The van der Waals surface area contributed by atoms with Crippen LogP contribution in [0.2, 0.25) is 0 Å². The average molecular weight is 320 g/mol. The number of fused-ring (bicyclic) bond motifs is 1. The van der Waals surface area contributed by atoms with Crippen molar-refractivity contribution < 1.29 is 24.0 Å². The number of quaternary nitrogens is 1. The lowest BCUT2D eigenvalue weighted by atomic mass is 10.2. The normalized spacial score (nSPS) is 18.6. The molecule has 0 saturated carbocycles. The van der Waals surface area contributed by atoms with E-state index < -0.39 is 0 Å². The van der Waals surface area contributed by atoms with Gasteiger partial charge in [-0.3, -0.25) is 9.59 Å². The van der Waals surface area contributed by atoms with Gasteiger partial charge in [-0.2, -0.15) is 0 Å². The van der Waals surface area contributed by atoms with Crippen LogP contribution in [0, 0.1) is 0 Å². The Morgan fingerprint density at radius 2 is 1.91 bits per heavy atom. The number of amides is 2. The van der Waals surface area contributed by atoms with E-state index in [1.807, 2.05) is 11.8 Å². The molecular formula is C16H22N3O4+. The summed E-state index contributed by atoms with van der Waals surface area (Å²) in [5.74, 6) is 1.41.